The molecule has 0 atom stereocenters. The molecule has 1 aromatic rings. The van der Waals surface area contributed by atoms with Crippen molar-refractivity contribution in [3.05, 3.63) is 38.3 Å². The molecule has 4 nitrogen and oxygen atoms in total. The van der Waals surface area contributed by atoms with Crippen molar-refractivity contribution in [1.82, 2.24) is 5.32 Å². The first-order chi connectivity index (χ1) is 10.1. The van der Waals surface area contributed by atoms with Crippen LogP contribution in [-0.2, 0) is 6.54 Å². The fourth-order valence-corrected chi connectivity index (χ4v) is 3.71. The molecule has 0 radical (unpaired) electrons. The summed E-state index contributed by atoms with van der Waals surface area (Å²) in [6.45, 7) is 2.94. The van der Waals surface area contributed by atoms with Crippen molar-refractivity contribution in [3.8, 4) is 0 Å². The van der Waals surface area contributed by atoms with Gasteiger partial charge in [-0.1, -0.05) is 31.9 Å². The van der Waals surface area contributed by atoms with Crippen LogP contribution in [0.1, 0.15) is 51.0 Å². The van der Waals surface area contributed by atoms with E-state index in [0.717, 1.165) is 11.5 Å². The number of halogens is 1. The number of rotatable bonds is 6. The maximum atomic E-state index is 10.9. The Balaban J connectivity index is 1.87. The largest absolute Gasteiger partial charge is 0.310 e. The quantitative estimate of drug-likeness (QED) is 0.589. The molecule has 1 saturated carbocycles. The predicted octanol–water partition coefficient (Wildman–Crippen LogP) is 4.81. The van der Waals surface area contributed by atoms with Crippen LogP contribution in [-0.4, -0.2) is 11.0 Å². The molecule has 0 bridgehead atoms. The van der Waals surface area contributed by atoms with Gasteiger partial charge in [0.15, 0.2) is 0 Å². The van der Waals surface area contributed by atoms with E-state index in [0.29, 0.717) is 17.1 Å². The van der Waals surface area contributed by atoms with E-state index in [9.17, 15) is 10.1 Å². The number of nitro benzene ring substituents is 1. The molecule has 1 aromatic carbocycles. The zero-order valence-electron chi connectivity index (χ0n) is 12.5. The first kappa shape index (κ1) is 16.4. The third-order valence-electron chi connectivity index (χ3n) is 4.38. The average Bonchev–Trinajstić information content (AvgIpc) is 2.48. The van der Waals surface area contributed by atoms with Gasteiger partial charge in [-0.15, -0.1) is 0 Å². The molecule has 1 aliphatic rings. The van der Waals surface area contributed by atoms with Crippen LogP contribution in [0.5, 0.6) is 0 Å². The number of hydrogen-bond donors (Lipinski definition) is 1. The maximum absolute atomic E-state index is 10.9. The Labute approximate surface area is 134 Å². The van der Waals surface area contributed by atoms with E-state index in [1.807, 2.05) is 6.07 Å². The molecule has 0 saturated heterocycles. The molecule has 1 N–H and O–H groups in total. The Bertz CT molecular complexity index is 485. The van der Waals surface area contributed by atoms with Gasteiger partial charge in [-0.3, -0.25) is 10.1 Å². The normalized spacial score (nSPS) is 22.2. The van der Waals surface area contributed by atoms with Crippen LogP contribution in [0, 0.1) is 16.0 Å². The topological polar surface area (TPSA) is 55.2 Å². The highest BCUT2D eigenvalue weighted by atomic mass is 79.9. The van der Waals surface area contributed by atoms with Gasteiger partial charge in [-0.25, -0.2) is 0 Å². The third-order valence-corrected chi connectivity index (χ3v) is 5.30. The van der Waals surface area contributed by atoms with Crippen LogP contribution in [0.4, 0.5) is 5.69 Å². The summed E-state index contributed by atoms with van der Waals surface area (Å²) in [6.07, 6.45) is 7.68. The molecule has 1 fully saturated rings. The summed E-state index contributed by atoms with van der Waals surface area (Å²) in [5.74, 6) is 0.901. The van der Waals surface area contributed by atoms with Crippen molar-refractivity contribution in [2.45, 2.75) is 58.0 Å². The molecule has 0 amide bonds. The van der Waals surface area contributed by atoms with Gasteiger partial charge in [0.25, 0.3) is 5.69 Å². The van der Waals surface area contributed by atoms with Crippen LogP contribution in [0.3, 0.4) is 0 Å². The maximum Gasteiger partial charge on any atom is 0.283 e. The first-order valence-electron chi connectivity index (χ1n) is 7.77. The number of nitro groups is 1. The lowest BCUT2D eigenvalue weighted by atomic mass is 9.83. The summed E-state index contributed by atoms with van der Waals surface area (Å²) >= 11 is 3.36. The second-order valence-electron chi connectivity index (χ2n) is 5.89. The summed E-state index contributed by atoms with van der Waals surface area (Å²) in [5.41, 5.74) is 1.10. The molecule has 0 aliphatic heterocycles. The molecule has 21 heavy (non-hydrogen) atoms. The number of nitrogens with one attached hydrogen (secondary N) is 1. The first-order valence-corrected chi connectivity index (χ1v) is 8.56. The lowest BCUT2D eigenvalue weighted by Crippen LogP contribution is -2.32. The Morgan fingerprint density at radius 3 is 2.67 bits per heavy atom. The van der Waals surface area contributed by atoms with Gasteiger partial charge in [0.2, 0.25) is 0 Å². The Kier molecular flexibility index (Phi) is 6.18. The van der Waals surface area contributed by atoms with E-state index >= 15 is 0 Å². The zero-order chi connectivity index (χ0) is 15.2. The second-order valence-corrected chi connectivity index (χ2v) is 6.69. The summed E-state index contributed by atoms with van der Waals surface area (Å²) in [4.78, 5) is 10.6. The molecule has 0 spiro atoms. The smallest absolute Gasteiger partial charge is 0.283 e. The highest BCUT2D eigenvalue weighted by molar-refractivity contribution is 9.10. The summed E-state index contributed by atoms with van der Waals surface area (Å²) in [5, 5.41) is 14.5. The lowest BCUT2D eigenvalue weighted by molar-refractivity contribution is -0.385. The molecular formula is C16H23BrN2O2. The average molecular weight is 355 g/mol. The van der Waals surface area contributed by atoms with Gasteiger partial charge < -0.3 is 5.32 Å². The van der Waals surface area contributed by atoms with Crippen LogP contribution < -0.4 is 5.32 Å². The molecule has 1 aliphatic carbocycles. The standard InChI is InChI=1S/C16H23BrN2O2/c1-2-4-12-7-9-14(10-8-12)18-11-13-5-3-6-15(16(13)17)19(20)21/h3,5-6,12,14,18H,2,4,7-11H2,1H3. The van der Waals surface area contributed by atoms with Gasteiger partial charge in [0.05, 0.1) is 9.40 Å². The predicted molar refractivity (Wildman–Crippen MR) is 88.3 cm³/mol. The second kappa shape index (κ2) is 7.90. The number of benzene rings is 1. The highest BCUT2D eigenvalue weighted by Crippen LogP contribution is 2.30. The van der Waals surface area contributed by atoms with Crippen molar-refractivity contribution in [2.75, 3.05) is 0 Å². The number of hydrogen-bond acceptors (Lipinski definition) is 3. The molecular weight excluding hydrogens is 332 g/mol. The van der Waals surface area contributed by atoms with Gasteiger partial charge >= 0.3 is 0 Å². The van der Waals surface area contributed by atoms with E-state index in [2.05, 4.69) is 28.2 Å². The minimum absolute atomic E-state index is 0.140. The molecule has 0 heterocycles. The summed E-state index contributed by atoms with van der Waals surface area (Å²) in [7, 11) is 0. The monoisotopic (exact) mass is 354 g/mol. The van der Waals surface area contributed by atoms with E-state index in [4.69, 9.17) is 0 Å². The molecule has 116 valence electrons. The van der Waals surface area contributed by atoms with E-state index in [1.165, 1.54) is 44.6 Å². The van der Waals surface area contributed by atoms with Gasteiger partial charge in [-0.2, -0.15) is 0 Å². The number of nitrogens with zero attached hydrogens (tertiary/aromatic N) is 1. The summed E-state index contributed by atoms with van der Waals surface area (Å²) < 4.78 is 0.599. The van der Waals surface area contributed by atoms with Gasteiger partial charge in [0.1, 0.15) is 0 Å². The fourth-order valence-electron chi connectivity index (χ4n) is 3.16. The van der Waals surface area contributed by atoms with Crippen LogP contribution in [0.25, 0.3) is 0 Å². The van der Waals surface area contributed by atoms with E-state index in [1.54, 1.807) is 6.07 Å². The molecule has 2 rings (SSSR count). The van der Waals surface area contributed by atoms with Crippen molar-refractivity contribution >= 4 is 21.6 Å². The Morgan fingerprint density at radius 2 is 2.05 bits per heavy atom. The summed E-state index contributed by atoms with van der Waals surface area (Å²) in [6, 6.07) is 5.76. The molecule has 0 unspecified atom stereocenters. The van der Waals surface area contributed by atoms with Crippen molar-refractivity contribution in [3.63, 3.8) is 0 Å². The lowest BCUT2D eigenvalue weighted by Gasteiger charge is -2.29. The highest BCUT2D eigenvalue weighted by Gasteiger charge is 2.21. The van der Waals surface area contributed by atoms with Gasteiger partial charge in [-0.05, 0) is 53.1 Å². The minimum atomic E-state index is -0.344. The Hall–Kier alpha value is -0.940. The van der Waals surface area contributed by atoms with Crippen molar-refractivity contribution in [2.24, 2.45) is 5.92 Å². The Morgan fingerprint density at radius 1 is 1.33 bits per heavy atom. The van der Waals surface area contributed by atoms with E-state index in [-0.39, 0.29) is 10.6 Å². The zero-order valence-corrected chi connectivity index (χ0v) is 14.1. The van der Waals surface area contributed by atoms with Gasteiger partial charge in [0, 0.05) is 18.7 Å². The SMILES string of the molecule is CCCC1CCC(NCc2cccc([N+](=O)[O-])c2Br)CC1. The molecule has 0 aromatic heterocycles. The van der Waals surface area contributed by atoms with Crippen molar-refractivity contribution in [1.29, 1.82) is 0 Å². The van der Waals surface area contributed by atoms with Crippen LogP contribution in [0.15, 0.2) is 22.7 Å². The minimum Gasteiger partial charge on any atom is -0.310 e. The van der Waals surface area contributed by atoms with E-state index < -0.39 is 0 Å². The third kappa shape index (κ3) is 4.51. The van der Waals surface area contributed by atoms with Crippen molar-refractivity contribution < 1.29 is 4.92 Å². The van der Waals surface area contributed by atoms with Crippen LogP contribution >= 0.6 is 15.9 Å². The fraction of sp³-hybridized carbons (Fsp3) is 0.625. The van der Waals surface area contributed by atoms with Crippen LogP contribution in [0.2, 0.25) is 0 Å². The molecule has 5 heteroatoms.